The molecule has 2 unspecified atom stereocenters. The van der Waals surface area contributed by atoms with Crippen LogP contribution >= 0.6 is 0 Å². The lowest BCUT2D eigenvalue weighted by Gasteiger charge is -2.22. The largest absolute Gasteiger partial charge is 0.416 e. The molecule has 3 aromatic rings. The van der Waals surface area contributed by atoms with Gasteiger partial charge in [0.25, 0.3) is 0 Å². The predicted molar refractivity (Wildman–Crippen MR) is 106 cm³/mol. The highest BCUT2D eigenvalue weighted by Gasteiger charge is 2.32. The molecular formula is C22H24F3N3O. The fraction of sp³-hybridized carbons (Fsp3) is 0.364. The lowest BCUT2D eigenvalue weighted by molar-refractivity contribution is -0.137. The minimum atomic E-state index is -4.45. The van der Waals surface area contributed by atoms with Crippen LogP contribution in [0.5, 0.6) is 0 Å². The van der Waals surface area contributed by atoms with Gasteiger partial charge in [-0.2, -0.15) is 13.2 Å². The van der Waals surface area contributed by atoms with Crippen molar-refractivity contribution in [3.8, 4) is 0 Å². The Morgan fingerprint density at radius 1 is 1.14 bits per heavy atom. The topological polar surface area (TPSA) is 46.4 Å². The molecule has 154 valence electrons. The van der Waals surface area contributed by atoms with E-state index in [-0.39, 0.29) is 24.3 Å². The van der Waals surface area contributed by atoms with Crippen LogP contribution in [0.2, 0.25) is 0 Å². The van der Waals surface area contributed by atoms with Crippen LogP contribution in [-0.4, -0.2) is 21.3 Å². The number of benzene rings is 1. The number of hydrogen-bond acceptors (Lipinski definition) is 2. The normalized spacial score (nSPS) is 14.2. The molecule has 2 heterocycles. The summed E-state index contributed by atoms with van der Waals surface area (Å²) >= 11 is 0. The zero-order valence-corrected chi connectivity index (χ0v) is 16.6. The summed E-state index contributed by atoms with van der Waals surface area (Å²) in [6.07, 6.45) is -0.998. The molecule has 0 saturated carbocycles. The summed E-state index contributed by atoms with van der Waals surface area (Å²) in [5.41, 5.74) is 1.05. The van der Waals surface area contributed by atoms with Gasteiger partial charge in [0.15, 0.2) is 0 Å². The Hall–Kier alpha value is -2.83. The first kappa shape index (κ1) is 20.9. The summed E-state index contributed by atoms with van der Waals surface area (Å²) in [5.74, 6) is -0.518. The van der Waals surface area contributed by atoms with Gasteiger partial charge in [0.2, 0.25) is 5.91 Å². The first-order valence-corrected chi connectivity index (χ1v) is 9.55. The van der Waals surface area contributed by atoms with Crippen LogP contribution in [0.15, 0.2) is 54.9 Å². The number of alkyl halides is 3. The van der Waals surface area contributed by atoms with Crippen LogP contribution in [0, 0.1) is 5.92 Å². The average molecular weight is 403 g/mol. The predicted octanol–water partition coefficient (Wildman–Crippen LogP) is 5.04. The Bertz CT molecular complexity index is 994. The number of hydrogen-bond donors (Lipinski definition) is 1. The first-order valence-electron chi connectivity index (χ1n) is 9.55. The number of fused-ring (bicyclic) bond motifs is 1. The molecule has 0 aliphatic rings. The molecule has 4 nitrogen and oxygen atoms in total. The fourth-order valence-electron chi connectivity index (χ4n) is 3.20. The molecule has 0 aliphatic carbocycles. The summed E-state index contributed by atoms with van der Waals surface area (Å²) in [6, 6.07) is 10.6. The van der Waals surface area contributed by atoms with Gasteiger partial charge in [-0.25, -0.2) is 4.98 Å². The van der Waals surface area contributed by atoms with E-state index < -0.39 is 17.7 Å². The van der Waals surface area contributed by atoms with E-state index in [1.807, 2.05) is 43.4 Å². The molecule has 29 heavy (non-hydrogen) atoms. The summed E-state index contributed by atoms with van der Waals surface area (Å²) < 4.78 is 41.6. The summed E-state index contributed by atoms with van der Waals surface area (Å²) in [4.78, 5) is 17.0. The van der Waals surface area contributed by atoms with Crippen molar-refractivity contribution in [2.75, 3.05) is 0 Å². The zero-order valence-electron chi connectivity index (χ0n) is 16.6. The Morgan fingerprint density at radius 3 is 2.59 bits per heavy atom. The van der Waals surface area contributed by atoms with Crippen LogP contribution in [0.1, 0.15) is 49.9 Å². The Kier molecular flexibility index (Phi) is 5.96. The third kappa shape index (κ3) is 4.78. The van der Waals surface area contributed by atoms with Gasteiger partial charge >= 0.3 is 6.18 Å². The van der Waals surface area contributed by atoms with Crippen LogP contribution in [0.3, 0.4) is 0 Å². The molecular weight excluding hydrogens is 379 g/mol. The van der Waals surface area contributed by atoms with Crippen molar-refractivity contribution in [1.82, 2.24) is 14.7 Å². The molecule has 0 bridgehead atoms. The molecule has 7 heteroatoms. The van der Waals surface area contributed by atoms with Gasteiger partial charge in [0.1, 0.15) is 5.65 Å². The van der Waals surface area contributed by atoms with Gasteiger partial charge in [-0.15, -0.1) is 0 Å². The highest BCUT2D eigenvalue weighted by Crippen LogP contribution is 2.34. The number of pyridine rings is 1. The second-order valence-electron chi connectivity index (χ2n) is 7.59. The summed E-state index contributed by atoms with van der Waals surface area (Å²) in [6.45, 7) is 5.91. The van der Waals surface area contributed by atoms with E-state index in [0.29, 0.717) is 16.9 Å². The van der Waals surface area contributed by atoms with Crippen molar-refractivity contribution >= 4 is 11.6 Å². The van der Waals surface area contributed by atoms with Crippen molar-refractivity contribution in [3.63, 3.8) is 0 Å². The molecule has 0 fully saturated rings. The zero-order chi connectivity index (χ0) is 21.2. The number of nitrogens with zero attached hydrogens (tertiary/aromatic N) is 2. The van der Waals surface area contributed by atoms with E-state index in [0.717, 1.165) is 12.1 Å². The standard InChI is InChI=1S/C22H24F3N3O/c1-14(2)15(3)27-21(29)12-18(16-7-6-8-17(11-16)22(23,24)25)19-13-26-20-9-4-5-10-28(19)20/h4-11,13-15,18H,12H2,1-3H3,(H,27,29). The fourth-order valence-corrected chi connectivity index (χ4v) is 3.20. The maximum absolute atomic E-state index is 13.3. The van der Waals surface area contributed by atoms with Crippen LogP contribution in [0.4, 0.5) is 13.2 Å². The van der Waals surface area contributed by atoms with Gasteiger partial charge < -0.3 is 9.72 Å². The van der Waals surface area contributed by atoms with Gasteiger partial charge in [-0.3, -0.25) is 4.79 Å². The summed E-state index contributed by atoms with van der Waals surface area (Å²) in [7, 11) is 0. The number of carbonyl (C=O) groups excluding carboxylic acids is 1. The van der Waals surface area contributed by atoms with Crippen LogP contribution in [-0.2, 0) is 11.0 Å². The number of aromatic nitrogens is 2. The maximum Gasteiger partial charge on any atom is 0.416 e. The summed E-state index contributed by atoms with van der Waals surface area (Å²) in [5, 5.41) is 2.94. The van der Waals surface area contributed by atoms with Gasteiger partial charge in [-0.05, 0) is 36.6 Å². The minimum Gasteiger partial charge on any atom is -0.353 e. The van der Waals surface area contributed by atoms with Crippen molar-refractivity contribution in [2.24, 2.45) is 5.92 Å². The second-order valence-corrected chi connectivity index (χ2v) is 7.59. The van der Waals surface area contributed by atoms with Crippen LogP contribution in [0.25, 0.3) is 5.65 Å². The minimum absolute atomic E-state index is 0.0288. The van der Waals surface area contributed by atoms with E-state index in [9.17, 15) is 18.0 Å². The van der Waals surface area contributed by atoms with Crippen LogP contribution < -0.4 is 5.32 Å². The van der Waals surface area contributed by atoms with E-state index in [2.05, 4.69) is 10.3 Å². The molecule has 2 atom stereocenters. The second kappa shape index (κ2) is 8.27. The van der Waals surface area contributed by atoms with Gasteiger partial charge in [0.05, 0.1) is 11.3 Å². The lowest BCUT2D eigenvalue weighted by atomic mass is 9.90. The van der Waals surface area contributed by atoms with Gasteiger partial charge in [0, 0.05) is 30.8 Å². The molecule has 2 aromatic heterocycles. The number of amides is 1. The number of carbonyl (C=O) groups is 1. The number of rotatable bonds is 6. The lowest BCUT2D eigenvalue weighted by Crippen LogP contribution is -2.36. The number of halogens is 3. The molecule has 3 rings (SSSR count). The van der Waals surface area contributed by atoms with Crippen molar-refractivity contribution in [3.05, 3.63) is 71.7 Å². The number of nitrogens with one attached hydrogen (secondary N) is 1. The van der Waals surface area contributed by atoms with Gasteiger partial charge in [-0.1, -0.05) is 38.1 Å². The van der Waals surface area contributed by atoms with Crippen molar-refractivity contribution in [2.45, 2.75) is 45.3 Å². The van der Waals surface area contributed by atoms with E-state index in [1.54, 1.807) is 18.5 Å². The Balaban J connectivity index is 2.02. The van der Waals surface area contributed by atoms with E-state index >= 15 is 0 Å². The quantitative estimate of drug-likeness (QED) is 0.627. The SMILES string of the molecule is CC(C)C(C)NC(=O)CC(c1cccc(C(F)(F)F)c1)c1cnc2ccccn12. The smallest absolute Gasteiger partial charge is 0.353 e. The molecule has 1 aromatic carbocycles. The average Bonchev–Trinajstić information content (AvgIpc) is 3.09. The number of imidazole rings is 1. The highest BCUT2D eigenvalue weighted by atomic mass is 19.4. The van der Waals surface area contributed by atoms with Crippen molar-refractivity contribution < 1.29 is 18.0 Å². The molecule has 1 amide bonds. The molecule has 0 aliphatic heterocycles. The molecule has 0 saturated heterocycles. The third-order valence-electron chi connectivity index (χ3n) is 5.20. The van der Waals surface area contributed by atoms with E-state index in [4.69, 9.17) is 0 Å². The maximum atomic E-state index is 13.3. The Morgan fingerprint density at radius 2 is 1.90 bits per heavy atom. The Labute approximate surface area is 167 Å². The first-order chi connectivity index (χ1) is 13.7. The monoisotopic (exact) mass is 403 g/mol. The van der Waals surface area contributed by atoms with E-state index in [1.165, 1.54) is 6.07 Å². The molecule has 0 radical (unpaired) electrons. The third-order valence-corrected chi connectivity index (χ3v) is 5.20. The molecule has 1 N–H and O–H groups in total. The highest BCUT2D eigenvalue weighted by molar-refractivity contribution is 5.78. The molecule has 0 spiro atoms. The van der Waals surface area contributed by atoms with Crippen molar-refractivity contribution in [1.29, 1.82) is 0 Å².